The van der Waals surface area contributed by atoms with Crippen LogP contribution in [0.1, 0.15) is 18.4 Å². The number of hydrogen-bond acceptors (Lipinski definition) is 5. The van der Waals surface area contributed by atoms with E-state index in [1.54, 1.807) is 12.3 Å². The molecule has 96 valence electrons. The molecule has 0 fully saturated rings. The molecule has 4 nitrogen and oxygen atoms in total. The van der Waals surface area contributed by atoms with Crippen molar-refractivity contribution in [2.45, 2.75) is 19.8 Å². The lowest BCUT2D eigenvalue weighted by molar-refractivity contribution is 0.624. The summed E-state index contributed by atoms with van der Waals surface area (Å²) in [5, 5.41) is 12.9. The highest BCUT2D eigenvalue weighted by Crippen LogP contribution is 2.25. The summed E-state index contributed by atoms with van der Waals surface area (Å²) in [5.74, 6) is -0.354. The van der Waals surface area contributed by atoms with E-state index in [4.69, 9.17) is 0 Å². The summed E-state index contributed by atoms with van der Waals surface area (Å²) in [6.45, 7) is 4.02. The van der Waals surface area contributed by atoms with E-state index >= 15 is 0 Å². The quantitative estimate of drug-likeness (QED) is 0.815. The molecule has 2 aromatic rings. The summed E-state index contributed by atoms with van der Waals surface area (Å²) < 4.78 is 13.5. The summed E-state index contributed by atoms with van der Waals surface area (Å²) >= 11 is 1.44. The summed E-state index contributed by atoms with van der Waals surface area (Å²) in [4.78, 5) is 3.72. The Kier molecular flexibility index (Phi) is 4.72. The van der Waals surface area contributed by atoms with Gasteiger partial charge in [0.05, 0.1) is 11.8 Å². The minimum Gasteiger partial charge on any atom is -0.317 e. The van der Waals surface area contributed by atoms with Gasteiger partial charge in [0.15, 0.2) is 10.8 Å². The van der Waals surface area contributed by atoms with Crippen LogP contribution in [0.4, 0.5) is 4.39 Å². The molecule has 2 rings (SSSR count). The molecule has 0 radical (unpaired) electrons. The third kappa shape index (κ3) is 3.30. The molecule has 0 aliphatic heterocycles. The van der Waals surface area contributed by atoms with Crippen LogP contribution in [0.5, 0.6) is 0 Å². The van der Waals surface area contributed by atoms with E-state index < -0.39 is 0 Å². The van der Waals surface area contributed by atoms with Crippen molar-refractivity contribution in [3.05, 3.63) is 29.3 Å². The molecule has 2 heterocycles. The lowest BCUT2D eigenvalue weighted by atomic mass is 10.3. The maximum atomic E-state index is 13.5. The molecule has 0 saturated heterocycles. The topological polar surface area (TPSA) is 50.7 Å². The first-order valence-corrected chi connectivity index (χ1v) is 6.76. The Bertz CT molecular complexity index is 500. The van der Waals surface area contributed by atoms with Gasteiger partial charge in [-0.2, -0.15) is 0 Å². The van der Waals surface area contributed by atoms with Crippen LogP contribution in [0.2, 0.25) is 0 Å². The monoisotopic (exact) mass is 266 g/mol. The summed E-state index contributed by atoms with van der Waals surface area (Å²) in [5.41, 5.74) is 0.473. The molecule has 0 unspecified atom stereocenters. The second-order valence-corrected chi connectivity index (χ2v) is 4.88. The number of aromatic nitrogens is 3. The number of nitrogens with one attached hydrogen (secondary N) is 1. The molecule has 0 bridgehead atoms. The molecule has 0 amide bonds. The normalized spacial score (nSPS) is 10.8. The Hall–Kier alpha value is -1.40. The number of rotatable bonds is 6. The maximum Gasteiger partial charge on any atom is 0.151 e. The molecular formula is C12H15FN4S. The van der Waals surface area contributed by atoms with E-state index in [2.05, 4.69) is 27.4 Å². The summed E-state index contributed by atoms with van der Waals surface area (Å²) in [7, 11) is 0. The molecule has 0 atom stereocenters. The van der Waals surface area contributed by atoms with E-state index in [1.807, 2.05) is 0 Å². The van der Waals surface area contributed by atoms with Gasteiger partial charge in [0.2, 0.25) is 0 Å². The first kappa shape index (κ1) is 13.0. The van der Waals surface area contributed by atoms with E-state index in [-0.39, 0.29) is 5.82 Å². The van der Waals surface area contributed by atoms with Gasteiger partial charge in [-0.15, -0.1) is 10.2 Å². The highest BCUT2D eigenvalue weighted by Gasteiger charge is 2.10. The molecule has 0 spiro atoms. The van der Waals surface area contributed by atoms with Crippen molar-refractivity contribution in [1.29, 1.82) is 0 Å². The van der Waals surface area contributed by atoms with Gasteiger partial charge in [0, 0.05) is 12.6 Å². The molecule has 0 aliphatic rings. The van der Waals surface area contributed by atoms with Crippen molar-refractivity contribution < 1.29 is 4.39 Å². The number of aryl methyl sites for hydroxylation is 1. The molecule has 0 aliphatic carbocycles. The highest BCUT2D eigenvalue weighted by atomic mass is 32.1. The molecular weight excluding hydrogens is 251 g/mol. The van der Waals surface area contributed by atoms with Gasteiger partial charge in [-0.3, -0.25) is 4.98 Å². The maximum absolute atomic E-state index is 13.5. The van der Waals surface area contributed by atoms with Crippen LogP contribution in [-0.4, -0.2) is 28.3 Å². The second kappa shape index (κ2) is 6.51. The molecule has 2 aromatic heterocycles. The number of nitrogens with zero attached hydrogens (tertiary/aromatic N) is 3. The summed E-state index contributed by atoms with van der Waals surface area (Å²) in [6, 6.07) is 1.62. The standard InChI is InChI=1S/C12H15FN4S/c1-2-14-6-3-4-11-16-17-12(18-11)9-5-7-15-8-10(9)13/h5,7-8,14H,2-4,6H2,1H3. The van der Waals surface area contributed by atoms with E-state index in [9.17, 15) is 4.39 Å². The van der Waals surface area contributed by atoms with E-state index in [1.165, 1.54) is 17.5 Å². The predicted molar refractivity (Wildman–Crippen MR) is 70.0 cm³/mol. The second-order valence-electron chi connectivity index (χ2n) is 3.81. The van der Waals surface area contributed by atoms with Crippen LogP contribution in [-0.2, 0) is 6.42 Å². The van der Waals surface area contributed by atoms with Gasteiger partial charge < -0.3 is 5.32 Å². The van der Waals surface area contributed by atoms with Crippen molar-refractivity contribution in [3.63, 3.8) is 0 Å². The zero-order valence-electron chi connectivity index (χ0n) is 10.2. The van der Waals surface area contributed by atoms with Crippen molar-refractivity contribution in [1.82, 2.24) is 20.5 Å². The van der Waals surface area contributed by atoms with Gasteiger partial charge in [0.1, 0.15) is 5.01 Å². The molecule has 1 N–H and O–H groups in total. The Morgan fingerprint density at radius 3 is 3.06 bits per heavy atom. The van der Waals surface area contributed by atoms with Gasteiger partial charge >= 0.3 is 0 Å². The van der Waals surface area contributed by atoms with Gasteiger partial charge in [0.25, 0.3) is 0 Å². The average molecular weight is 266 g/mol. The number of halogens is 1. The fraction of sp³-hybridized carbons (Fsp3) is 0.417. The number of pyridine rings is 1. The van der Waals surface area contributed by atoms with Crippen molar-refractivity contribution in [2.24, 2.45) is 0 Å². The fourth-order valence-corrected chi connectivity index (χ4v) is 2.46. The fourth-order valence-electron chi connectivity index (χ4n) is 1.55. The minimum absolute atomic E-state index is 0.354. The van der Waals surface area contributed by atoms with Crippen LogP contribution in [0, 0.1) is 5.82 Å². The first-order chi connectivity index (χ1) is 8.81. The first-order valence-electron chi connectivity index (χ1n) is 5.94. The Balaban J connectivity index is 2.00. The lowest BCUT2D eigenvalue weighted by Crippen LogP contribution is -2.14. The Morgan fingerprint density at radius 2 is 2.28 bits per heavy atom. The van der Waals surface area contributed by atoms with Crippen LogP contribution in [0.15, 0.2) is 18.5 Å². The highest BCUT2D eigenvalue weighted by molar-refractivity contribution is 7.14. The number of hydrogen-bond donors (Lipinski definition) is 1. The molecule has 0 saturated carbocycles. The van der Waals surface area contributed by atoms with Crippen LogP contribution in [0.25, 0.3) is 10.6 Å². The molecule has 6 heteroatoms. The minimum atomic E-state index is -0.354. The molecule has 0 aromatic carbocycles. The SMILES string of the molecule is CCNCCCc1nnc(-c2ccncc2F)s1. The summed E-state index contributed by atoms with van der Waals surface area (Å²) in [6.07, 6.45) is 4.64. The van der Waals surface area contributed by atoms with E-state index in [0.29, 0.717) is 10.6 Å². The molecule has 18 heavy (non-hydrogen) atoms. The van der Waals surface area contributed by atoms with Gasteiger partial charge in [-0.1, -0.05) is 18.3 Å². The smallest absolute Gasteiger partial charge is 0.151 e. The Morgan fingerprint density at radius 1 is 1.39 bits per heavy atom. The van der Waals surface area contributed by atoms with Gasteiger partial charge in [-0.05, 0) is 25.6 Å². The average Bonchev–Trinajstić information content (AvgIpc) is 2.84. The zero-order valence-corrected chi connectivity index (χ0v) is 11.0. The predicted octanol–water partition coefficient (Wildman–Crippen LogP) is 2.28. The van der Waals surface area contributed by atoms with Crippen molar-refractivity contribution in [3.8, 4) is 10.6 Å². The van der Waals surface area contributed by atoms with Gasteiger partial charge in [-0.25, -0.2) is 4.39 Å². The van der Waals surface area contributed by atoms with Crippen LogP contribution in [0.3, 0.4) is 0 Å². The van der Waals surface area contributed by atoms with E-state index in [0.717, 1.165) is 30.9 Å². The lowest BCUT2D eigenvalue weighted by Gasteiger charge is -1.98. The van der Waals surface area contributed by atoms with Crippen LogP contribution >= 0.6 is 11.3 Å². The van der Waals surface area contributed by atoms with Crippen LogP contribution < -0.4 is 5.32 Å². The largest absolute Gasteiger partial charge is 0.317 e. The zero-order chi connectivity index (χ0) is 12.8. The third-order valence-corrected chi connectivity index (χ3v) is 3.48. The third-order valence-electron chi connectivity index (χ3n) is 2.46. The van der Waals surface area contributed by atoms with Crippen molar-refractivity contribution in [2.75, 3.05) is 13.1 Å². The Labute approximate surface area is 109 Å². The van der Waals surface area contributed by atoms with Crippen molar-refractivity contribution >= 4 is 11.3 Å².